The zero-order valence-electron chi connectivity index (χ0n) is 12.5. The average molecular weight is 256 g/mol. The number of carbonyl (C=O) groups excluding carboxylic acids is 2. The molecule has 3 nitrogen and oxygen atoms in total. The minimum absolute atomic E-state index is 0.120. The Bertz CT molecular complexity index is 261. The molecule has 18 heavy (non-hydrogen) atoms. The van der Waals surface area contributed by atoms with Crippen molar-refractivity contribution in [1.29, 1.82) is 0 Å². The molecule has 0 bridgehead atoms. The van der Waals surface area contributed by atoms with Crippen molar-refractivity contribution in [3.8, 4) is 0 Å². The fourth-order valence-corrected chi connectivity index (χ4v) is 1.45. The Hall–Kier alpha value is -0.700. The van der Waals surface area contributed by atoms with Crippen LogP contribution in [0.25, 0.3) is 0 Å². The lowest BCUT2D eigenvalue weighted by atomic mass is 9.88. The van der Waals surface area contributed by atoms with Gasteiger partial charge in [-0.3, -0.25) is 9.59 Å². The molecule has 0 amide bonds. The van der Waals surface area contributed by atoms with E-state index < -0.39 is 0 Å². The second-order valence-corrected chi connectivity index (χ2v) is 6.11. The molecular weight excluding hydrogens is 228 g/mol. The van der Waals surface area contributed by atoms with Crippen molar-refractivity contribution in [3.63, 3.8) is 0 Å². The zero-order valence-corrected chi connectivity index (χ0v) is 12.5. The first-order valence-corrected chi connectivity index (χ1v) is 6.89. The summed E-state index contributed by atoms with van der Waals surface area (Å²) in [5.41, 5.74) is -0.246. The van der Waals surface area contributed by atoms with Gasteiger partial charge in [0.2, 0.25) is 0 Å². The molecule has 0 aliphatic heterocycles. The topological polar surface area (TPSA) is 43.4 Å². The summed E-state index contributed by atoms with van der Waals surface area (Å²) in [5.74, 6) is 0.692. The van der Waals surface area contributed by atoms with Crippen LogP contribution in [0.4, 0.5) is 0 Å². The smallest absolute Gasteiger partial charge is 0.138 e. The molecule has 0 N–H and O–H groups in total. The van der Waals surface area contributed by atoms with Crippen LogP contribution in [0.3, 0.4) is 0 Å². The molecule has 0 aromatic carbocycles. The quantitative estimate of drug-likeness (QED) is 0.594. The van der Waals surface area contributed by atoms with E-state index in [1.807, 2.05) is 34.6 Å². The molecule has 0 heterocycles. The molecule has 0 radical (unpaired) electrons. The SMILES string of the molecule is CC(C)C(=O)CCCOCCCC(=O)C(C)(C)C. The van der Waals surface area contributed by atoms with Crippen LogP contribution in [0.2, 0.25) is 0 Å². The van der Waals surface area contributed by atoms with E-state index in [9.17, 15) is 9.59 Å². The van der Waals surface area contributed by atoms with Crippen LogP contribution in [-0.4, -0.2) is 24.8 Å². The summed E-state index contributed by atoms with van der Waals surface area (Å²) in [6.45, 7) is 10.9. The van der Waals surface area contributed by atoms with Crippen molar-refractivity contribution in [2.24, 2.45) is 11.3 Å². The van der Waals surface area contributed by atoms with Gasteiger partial charge < -0.3 is 4.74 Å². The highest BCUT2D eigenvalue weighted by atomic mass is 16.5. The van der Waals surface area contributed by atoms with Crippen molar-refractivity contribution in [2.45, 2.75) is 60.3 Å². The van der Waals surface area contributed by atoms with Crippen LogP contribution in [0, 0.1) is 11.3 Å². The molecule has 0 fully saturated rings. The van der Waals surface area contributed by atoms with E-state index in [1.165, 1.54) is 0 Å². The molecule has 0 saturated heterocycles. The fraction of sp³-hybridized carbons (Fsp3) is 0.867. The van der Waals surface area contributed by atoms with E-state index in [0.29, 0.717) is 31.8 Å². The Labute approximate surface area is 111 Å². The van der Waals surface area contributed by atoms with E-state index in [0.717, 1.165) is 12.8 Å². The molecular formula is C15H28O3. The van der Waals surface area contributed by atoms with E-state index in [4.69, 9.17) is 4.74 Å². The van der Waals surface area contributed by atoms with Crippen molar-refractivity contribution in [1.82, 2.24) is 0 Å². The van der Waals surface area contributed by atoms with Crippen molar-refractivity contribution in [3.05, 3.63) is 0 Å². The normalized spacial score (nSPS) is 11.9. The first-order valence-electron chi connectivity index (χ1n) is 6.89. The van der Waals surface area contributed by atoms with Gasteiger partial charge in [-0.25, -0.2) is 0 Å². The molecule has 3 heteroatoms. The van der Waals surface area contributed by atoms with Crippen molar-refractivity contribution >= 4 is 11.6 Å². The van der Waals surface area contributed by atoms with Crippen LogP contribution in [0.15, 0.2) is 0 Å². The molecule has 0 spiro atoms. The lowest BCUT2D eigenvalue weighted by Gasteiger charge is -2.16. The summed E-state index contributed by atoms with van der Waals surface area (Å²) in [6, 6.07) is 0. The summed E-state index contributed by atoms with van der Waals surface area (Å²) in [4.78, 5) is 22.9. The predicted molar refractivity (Wildman–Crippen MR) is 73.6 cm³/mol. The van der Waals surface area contributed by atoms with E-state index >= 15 is 0 Å². The second-order valence-electron chi connectivity index (χ2n) is 6.11. The maximum Gasteiger partial charge on any atom is 0.138 e. The summed E-state index contributed by atoms with van der Waals surface area (Å²) < 4.78 is 5.42. The first-order chi connectivity index (χ1) is 8.25. The number of hydrogen-bond acceptors (Lipinski definition) is 3. The maximum absolute atomic E-state index is 11.6. The summed E-state index contributed by atoms with van der Waals surface area (Å²) in [5, 5.41) is 0. The lowest BCUT2D eigenvalue weighted by molar-refractivity contribution is -0.126. The highest BCUT2D eigenvalue weighted by Gasteiger charge is 2.19. The van der Waals surface area contributed by atoms with E-state index in [1.54, 1.807) is 0 Å². The number of rotatable bonds is 9. The van der Waals surface area contributed by atoms with Crippen LogP contribution in [0.1, 0.15) is 60.3 Å². The Morgan fingerprint density at radius 2 is 1.50 bits per heavy atom. The second kappa shape index (κ2) is 8.41. The number of hydrogen-bond donors (Lipinski definition) is 0. The molecule has 0 aromatic rings. The van der Waals surface area contributed by atoms with Gasteiger partial charge in [-0.1, -0.05) is 34.6 Å². The van der Waals surface area contributed by atoms with Gasteiger partial charge in [-0.2, -0.15) is 0 Å². The van der Waals surface area contributed by atoms with Crippen LogP contribution in [0.5, 0.6) is 0 Å². The highest BCUT2D eigenvalue weighted by molar-refractivity contribution is 5.83. The van der Waals surface area contributed by atoms with Crippen LogP contribution in [-0.2, 0) is 14.3 Å². The van der Waals surface area contributed by atoms with Gasteiger partial charge in [0, 0.05) is 37.4 Å². The molecule has 0 rings (SSSR count). The molecule has 0 saturated carbocycles. The number of carbonyl (C=O) groups is 2. The van der Waals surface area contributed by atoms with E-state index in [2.05, 4.69) is 0 Å². The molecule has 0 aromatic heterocycles. The van der Waals surface area contributed by atoms with Crippen LogP contribution >= 0.6 is 0 Å². The molecule has 0 aliphatic carbocycles. The summed E-state index contributed by atoms with van der Waals surface area (Å²) in [7, 11) is 0. The van der Waals surface area contributed by atoms with Crippen molar-refractivity contribution < 1.29 is 14.3 Å². The summed E-state index contributed by atoms with van der Waals surface area (Å²) in [6.07, 6.45) is 2.73. The first kappa shape index (κ1) is 17.3. The van der Waals surface area contributed by atoms with E-state index in [-0.39, 0.29) is 17.1 Å². The van der Waals surface area contributed by atoms with Gasteiger partial charge in [-0.05, 0) is 12.8 Å². The monoisotopic (exact) mass is 256 g/mol. The van der Waals surface area contributed by atoms with Gasteiger partial charge in [0.25, 0.3) is 0 Å². The third kappa shape index (κ3) is 8.40. The molecule has 0 atom stereocenters. The largest absolute Gasteiger partial charge is 0.381 e. The molecule has 106 valence electrons. The van der Waals surface area contributed by atoms with Crippen molar-refractivity contribution in [2.75, 3.05) is 13.2 Å². The Kier molecular flexibility index (Phi) is 8.08. The average Bonchev–Trinajstić information content (AvgIpc) is 2.25. The maximum atomic E-state index is 11.6. The fourth-order valence-electron chi connectivity index (χ4n) is 1.45. The number of ether oxygens (including phenoxy) is 1. The summed E-state index contributed by atoms with van der Waals surface area (Å²) >= 11 is 0. The van der Waals surface area contributed by atoms with Gasteiger partial charge in [0.15, 0.2) is 0 Å². The number of ketones is 2. The molecule has 0 unspecified atom stereocenters. The molecule has 0 aliphatic rings. The highest BCUT2D eigenvalue weighted by Crippen LogP contribution is 2.17. The third-order valence-electron chi connectivity index (χ3n) is 2.88. The number of Topliss-reactive ketones (excluding diaryl/α,β-unsaturated/α-hetero) is 2. The third-order valence-corrected chi connectivity index (χ3v) is 2.88. The Morgan fingerprint density at radius 3 is 1.94 bits per heavy atom. The zero-order chi connectivity index (χ0) is 14.2. The minimum atomic E-state index is -0.246. The minimum Gasteiger partial charge on any atom is -0.381 e. The predicted octanol–water partition coefficient (Wildman–Crippen LogP) is 3.40. The standard InChI is InChI=1S/C15H28O3/c1-12(2)13(16)8-6-10-18-11-7-9-14(17)15(3,4)5/h12H,6-11H2,1-5H3. The Morgan fingerprint density at radius 1 is 1.00 bits per heavy atom. The van der Waals surface area contributed by atoms with Gasteiger partial charge >= 0.3 is 0 Å². The lowest BCUT2D eigenvalue weighted by Crippen LogP contribution is -2.20. The van der Waals surface area contributed by atoms with Gasteiger partial charge in [-0.15, -0.1) is 0 Å². The van der Waals surface area contributed by atoms with Gasteiger partial charge in [0.05, 0.1) is 0 Å². The van der Waals surface area contributed by atoms with Crippen LogP contribution < -0.4 is 0 Å². The Balaban J connectivity index is 3.42. The van der Waals surface area contributed by atoms with Gasteiger partial charge in [0.1, 0.15) is 11.6 Å².